The zero-order valence-electron chi connectivity index (χ0n) is 8.02. The van der Waals surface area contributed by atoms with Gasteiger partial charge in [-0.1, -0.05) is 0 Å². The number of aliphatic hydroxyl groups is 1. The first kappa shape index (κ1) is 9.45. The molecule has 0 aromatic carbocycles. The van der Waals surface area contributed by atoms with Gasteiger partial charge in [-0.3, -0.25) is 4.57 Å². The summed E-state index contributed by atoms with van der Waals surface area (Å²) < 4.78 is 1.60. The summed E-state index contributed by atoms with van der Waals surface area (Å²) >= 11 is 0. The highest BCUT2D eigenvalue weighted by Gasteiger charge is 2.19. The summed E-state index contributed by atoms with van der Waals surface area (Å²) in [7, 11) is 0. The van der Waals surface area contributed by atoms with Gasteiger partial charge in [-0.05, 0) is 31.6 Å². The molecule has 1 aliphatic carbocycles. The minimum absolute atomic E-state index is 0.132. The summed E-state index contributed by atoms with van der Waals surface area (Å²) in [6, 6.07) is 0. The van der Waals surface area contributed by atoms with Crippen molar-refractivity contribution in [3.63, 3.8) is 0 Å². The van der Waals surface area contributed by atoms with Gasteiger partial charge in [0.1, 0.15) is 6.33 Å². The van der Waals surface area contributed by atoms with Crippen molar-refractivity contribution >= 4 is 0 Å². The summed E-state index contributed by atoms with van der Waals surface area (Å²) in [6.07, 6.45) is 5.12. The summed E-state index contributed by atoms with van der Waals surface area (Å²) in [5.41, 5.74) is -0.142. The molecule has 1 aromatic rings. The van der Waals surface area contributed by atoms with Crippen LogP contribution in [-0.2, 0) is 6.54 Å². The fourth-order valence-corrected chi connectivity index (χ4v) is 2.01. The normalized spacial score (nSPS) is 27.8. The van der Waals surface area contributed by atoms with E-state index in [1.165, 1.54) is 6.33 Å². The molecular formula is C9H15N3O2. The Labute approximate surface area is 81.8 Å². The number of H-pyrrole nitrogens is 1. The number of nitrogens with one attached hydrogen (secondary N) is 1. The number of aromatic amines is 1. The van der Waals surface area contributed by atoms with E-state index in [2.05, 4.69) is 10.2 Å². The second-order valence-corrected chi connectivity index (χ2v) is 3.99. The third-order valence-corrected chi connectivity index (χ3v) is 2.89. The van der Waals surface area contributed by atoms with Crippen molar-refractivity contribution in [2.24, 2.45) is 5.92 Å². The molecular weight excluding hydrogens is 182 g/mol. The number of nitrogens with zero attached hydrogens (tertiary/aromatic N) is 2. The van der Waals surface area contributed by atoms with E-state index in [0.29, 0.717) is 5.92 Å². The Bertz CT molecular complexity index is 336. The van der Waals surface area contributed by atoms with E-state index in [1.807, 2.05) is 0 Å². The number of aliphatic hydroxyl groups excluding tert-OH is 1. The molecule has 2 N–H and O–H groups in total. The average molecular weight is 197 g/mol. The number of aromatic nitrogens is 3. The Hall–Kier alpha value is -1.10. The molecule has 0 atom stereocenters. The quantitative estimate of drug-likeness (QED) is 0.707. The zero-order chi connectivity index (χ0) is 9.97. The van der Waals surface area contributed by atoms with Gasteiger partial charge < -0.3 is 5.11 Å². The molecule has 0 saturated heterocycles. The van der Waals surface area contributed by atoms with Crippen LogP contribution in [0.15, 0.2) is 11.1 Å². The molecule has 0 unspecified atom stereocenters. The number of hydrogen-bond donors (Lipinski definition) is 2. The molecule has 78 valence electrons. The monoisotopic (exact) mass is 197 g/mol. The van der Waals surface area contributed by atoms with Crippen LogP contribution in [-0.4, -0.2) is 26.0 Å². The first-order chi connectivity index (χ1) is 6.75. The van der Waals surface area contributed by atoms with Crippen LogP contribution < -0.4 is 5.69 Å². The van der Waals surface area contributed by atoms with Gasteiger partial charge in [0.15, 0.2) is 0 Å². The molecule has 0 aliphatic heterocycles. The lowest BCUT2D eigenvalue weighted by molar-refractivity contribution is 0.104. The second kappa shape index (κ2) is 3.96. The molecule has 1 saturated carbocycles. The first-order valence-electron chi connectivity index (χ1n) is 5.03. The molecule has 0 amide bonds. The topological polar surface area (TPSA) is 70.9 Å². The number of rotatable bonds is 2. The maximum Gasteiger partial charge on any atom is 0.343 e. The molecule has 1 heterocycles. The molecule has 14 heavy (non-hydrogen) atoms. The summed E-state index contributed by atoms with van der Waals surface area (Å²) in [6.45, 7) is 0.724. The minimum atomic E-state index is -0.142. The Kier molecular flexibility index (Phi) is 2.67. The maximum atomic E-state index is 11.2. The largest absolute Gasteiger partial charge is 0.393 e. The van der Waals surface area contributed by atoms with Crippen LogP contribution >= 0.6 is 0 Å². The highest BCUT2D eigenvalue weighted by Crippen LogP contribution is 2.24. The Morgan fingerprint density at radius 2 is 2.21 bits per heavy atom. The fourth-order valence-electron chi connectivity index (χ4n) is 2.01. The van der Waals surface area contributed by atoms with Crippen LogP contribution in [0.3, 0.4) is 0 Å². The molecule has 1 fully saturated rings. The van der Waals surface area contributed by atoms with E-state index in [0.717, 1.165) is 32.2 Å². The van der Waals surface area contributed by atoms with E-state index < -0.39 is 0 Å². The van der Waals surface area contributed by atoms with Crippen molar-refractivity contribution in [3.8, 4) is 0 Å². The van der Waals surface area contributed by atoms with Crippen LogP contribution in [0.1, 0.15) is 25.7 Å². The van der Waals surface area contributed by atoms with Crippen molar-refractivity contribution in [1.82, 2.24) is 14.8 Å². The third kappa shape index (κ3) is 2.04. The minimum Gasteiger partial charge on any atom is -0.393 e. The second-order valence-electron chi connectivity index (χ2n) is 3.99. The van der Waals surface area contributed by atoms with Gasteiger partial charge in [-0.15, -0.1) is 0 Å². The van der Waals surface area contributed by atoms with Crippen molar-refractivity contribution in [2.75, 3.05) is 0 Å². The van der Waals surface area contributed by atoms with Gasteiger partial charge in [0, 0.05) is 6.54 Å². The van der Waals surface area contributed by atoms with E-state index in [1.54, 1.807) is 4.57 Å². The van der Waals surface area contributed by atoms with E-state index in [4.69, 9.17) is 0 Å². The van der Waals surface area contributed by atoms with Gasteiger partial charge in [0.25, 0.3) is 0 Å². The smallest absolute Gasteiger partial charge is 0.343 e. The fraction of sp³-hybridized carbons (Fsp3) is 0.778. The lowest BCUT2D eigenvalue weighted by Gasteiger charge is -2.24. The van der Waals surface area contributed by atoms with Gasteiger partial charge in [-0.2, -0.15) is 5.10 Å². The summed E-state index contributed by atoms with van der Waals surface area (Å²) in [5.74, 6) is 0.508. The van der Waals surface area contributed by atoms with Crippen molar-refractivity contribution in [3.05, 3.63) is 16.8 Å². The van der Waals surface area contributed by atoms with Crippen LogP contribution in [0.4, 0.5) is 0 Å². The van der Waals surface area contributed by atoms with Crippen LogP contribution in [0, 0.1) is 5.92 Å². The molecule has 1 aliphatic rings. The van der Waals surface area contributed by atoms with Gasteiger partial charge in [0.05, 0.1) is 6.10 Å². The Balaban J connectivity index is 1.93. The summed E-state index contributed by atoms with van der Waals surface area (Å²) in [5, 5.41) is 15.4. The van der Waals surface area contributed by atoms with E-state index >= 15 is 0 Å². The molecule has 2 rings (SSSR count). The average Bonchev–Trinajstić information content (AvgIpc) is 2.56. The van der Waals surface area contributed by atoms with Gasteiger partial charge in [0.2, 0.25) is 0 Å². The van der Waals surface area contributed by atoms with Gasteiger partial charge >= 0.3 is 5.69 Å². The predicted molar refractivity (Wildman–Crippen MR) is 50.8 cm³/mol. The lowest BCUT2D eigenvalue weighted by atomic mass is 9.87. The van der Waals surface area contributed by atoms with Crippen LogP contribution in [0.25, 0.3) is 0 Å². The molecule has 0 spiro atoms. The zero-order valence-corrected chi connectivity index (χ0v) is 8.02. The molecule has 1 aromatic heterocycles. The Morgan fingerprint density at radius 3 is 2.79 bits per heavy atom. The van der Waals surface area contributed by atoms with Crippen LogP contribution in [0.2, 0.25) is 0 Å². The SMILES string of the molecule is O=c1[nH]ncn1CC1CCC(O)CC1. The molecule has 5 heteroatoms. The molecule has 0 radical (unpaired) electrons. The molecule has 0 bridgehead atoms. The van der Waals surface area contributed by atoms with Crippen molar-refractivity contribution in [2.45, 2.75) is 38.3 Å². The van der Waals surface area contributed by atoms with Crippen molar-refractivity contribution < 1.29 is 5.11 Å². The third-order valence-electron chi connectivity index (χ3n) is 2.89. The first-order valence-corrected chi connectivity index (χ1v) is 5.03. The highest BCUT2D eigenvalue weighted by atomic mass is 16.3. The highest BCUT2D eigenvalue weighted by molar-refractivity contribution is 4.74. The standard InChI is InChI=1S/C9H15N3O2/c13-8-3-1-7(2-4-8)5-12-6-10-11-9(12)14/h6-8,13H,1-5H2,(H,11,14). The maximum absolute atomic E-state index is 11.2. The summed E-state index contributed by atoms with van der Waals surface area (Å²) in [4.78, 5) is 11.2. The van der Waals surface area contributed by atoms with E-state index in [9.17, 15) is 9.90 Å². The Morgan fingerprint density at radius 1 is 1.50 bits per heavy atom. The number of hydrogen-bond acceptors (Lipinski definition) is 3. The van der Waals surface area contributed by atoms with E-state index in [-0.39, 0.29) is 11.8 Å². The predicted octanol–water partition coefficient (Wildman–Crippen LogP) is 0.122. The lowest BCUT2D eigenvalue weighted by Crippen LogP contribution is -2.25. The molecule has 5 nitrogen and oxygen atoms in total. The van der Waals surface area contributed by atoms with Gasteiger partial charge in [-0.25, -0.2) is 9.89 Å². The van der Waals surface area contributed by atoms with Crippen LogP contribution in [0.5, 0.6) is 0 Å². The van der Waals surface area contributed by atoms with Crippen molar-refractivity contribution in [1.29, 1.82) is 0 Å².